The van der Waals surface area contributed by atoms with E-state index in [-0.39, 0.29) is 17.4 Å². The summed E-state index contributed by atoms with van der Waals surface area (Å²) in [7, 11) is 0. The van der Waals surface area contributed by atoms with Crippen molar-refractivity contribution in [2.24, 2.45) is 0 Å². The monoisotopic (exact) mass is 249 g/mol. The van der Waals surface area contributed by atoms with Gasteiger partial charge in [0.1, 0.15) is 0 Å². The van der Waals surface area contributed by atoms with Gasteiger partial charge in [-0.25, -0.2) is 4.98 Å². The average molecular weight is 249 g/mol. The van der Waals surface area contributed by atoms with Gasteiger partial charge in [0, 0.05) is 12.3 Å². The van der Waals surface area contributed by atoms with Crippen LogP contribution in [0, 0.1) is 5.95 Å². The minimum atomic E-state index is -0.821. The summed E-state index contributed by atoms with van der Waals surface area (Å²) in [5, 5.41) is 6.21. The highest BCUT2D eigenvalue weighted by Crippen LogP contribution is 2.18. The Hall–Kier alpha value is -2.24. The minimum Gasteiger partial charge on any atom is -0.338 e. The van der Waals surface area contributed by atoms with Gasteiger partial charge in [0.2, 0.25) is 11.8 Å². The molecule has 2 rings (SSSR count). The van der Waals surface area contributed by atoms with Crippen LogP contribution in [0.4, 0.5) is 10.3 Å². The van der Waals surface area contributed by atoms with Crippen LogP contribution >= 0.6 is 0 Å². The molecule has 0 aliphatic carbocycles. The third-order valence-electron chi connectivity index (χ3n) is 2.36. The van der Waals surface area contributed by atoms with E-state index in [2.05, 4.69) is 15.5 Å². The highest BCUT2D eigenvalue weighted by Gasteiger charge is 2.15. The van der Waals surface area contributed by atoms with Gasteiger partial charge in [-0.3, -0.25) is 10.1 Å². The summed E-state index contributed by atoms with van der Waals surface area (Å²) in [6, 6.07) is 4.44. The molecule has 0 saturated carbocycles. The normalized spacial score (nSPS) is 10.7. The first kappa shape index (κ1) is 12.2. The Bertz CT molecular complexity index is 566. The van der Waals surface area contributed by atoms with Gasteiger partial charge < -0.3 is 4.52 Å². The summed E-state index contributed by atoms with van der Waals surface area (Å²) in [5.74, 6) is -1.06. The first-order chi connectivity index (χ1) is 8.58. The van der Waals surface area contributed by atoms with Crippen molar-refractivity contribution < 1.29 is 13.7 Å². The lowest BCUT2D eigenvalue weighted by atomic mass is 10.1. The van der Waals surface area contributed by atoms with Crippen molar-refractivity contribution in [2.45, 2.75) is 19.8 Å². The number of nitrogens with one attached hydrogen (secondary N) is 1. The Labute approximate surface area is 103 Å². The molecular formula is C12H12FN3O2. The van der Waals surface area contributed by atoms with Crippen LogP contribution in [0.3, 0.4) is 0 Å². The maximum absolute atomic E-state index is 13.3. The summed E-state index contributed by atoms with van der Waals surface area (Å²) in [5.41, 5.74) is 0.581. The molecule has 2 heterocycles. The van der Waals surface area contributed by atoms with E-state index in [1.807, 2.05) is 13.8 Å². The van der Waals surface area contributed by atoms with Crippen LogP contribution in [0.2, 0.25) is 0 Å². The van der Waals surface area contributed by atoms with Crippen molar-refractivity contribution in [1.82, 2.24) is 10.1 Å². The van der Waals surface area contributed by atoms with E-state index in [0.717, 1.165) is 5.69 Å². The predicted octanol–water partition coefficient (Wildman–Crippen LogP) is 2.58. The van der Waals surface area contributed by atoms with E-state index in [1.165, 1.54) is 18.3 Å². The molecule has 0 unspecified atom stereocenters. The molecule has 0 atom stereocenters. The van der Waals surface area contributed by atoms with Crippen molar-refractivity contribution in [3.63, 3.8) is 0 Å². The van der Waals surface area contributed by atoms with Gasteiger partial charge in [0.05, 0.1) is 11.3 Å². The van der Waals surface area contributed by atoms with Crippen LogP contribution in [0.1, 0.15) is 35.8 Å². The molecule has 0 aliphatic heterocycles. The van der Waals surface area contributed by atoms with E-state index in [0.29, 0.717) is 0 Å². The Kier molecular flexibility index (Phi) is 3.36. The number of rotatable bonds is 3. The van der Waals surface area contributed by atoms with E-state index in [4.69, 9.17) is 4.52 Å². The Morgan fingerprint density at radius 2 is 2.28 bits per heavy atom. The highest BCUT2D eigenvalue weighted by molar-refractivity contribution is 6.03. The summed E-state index contributed by atoms with van der Waals surface area (Å²) in [6.07, 6.45) is 1.28. The SMILES string of the molecule is CC(C)c1cc(NC(=O)c2cccnc2F)on1. The van der Waals surface area contributed by atoms with Gasteiger partial charge in [0.25, 0.3) is 5.91 Å². The fraction of sp³-hybridized carbons (Fsp3) is 0.250. The zero-order valence-electron chi connectivity index (χ0n) is 9.98. The van der Waals surface area contributed by atoms with E-state index < -0.39 is 11.9 Å². The predicted molar refractivity (Wildman–Crippen MR) is 62.7 cm³/mol. The number of aromatic nitrogens is 2. The minimum absolute atomic E-state index is 0.139. The molecule has 5 nitrogen and oxygen atoms in total. The summed E-state index contributed by atoms with van der Waals surface area (Å²) >= 11 is 0. The van der Waals surface area contributed by atoms with Crippen molar-refractivity contribution >= 4 is 11.8 Å². The van der Waals surface area contributed by atoms with Gasteiger partial charge in [0.15, 0.2) is 0 Å². The summed E-state index contributed by atoms with van der Waals surface area (Å²) in [6.45, 7) is 3.90. The second kappa shape index (κ2) is 4.95. The molecule has 0 saturated heterocycles. The van der Waals surface area contributed by atoms with Crippen LogP contribution in [0.15, 0.2) is 28.9 Å². The third kappa shape index (κ3) is 2.53. The number of nitrogens with zero attached hydrogens (tertiary/aromatic N) is 2. The van der Waals surface area contributed by atoms with Crippen LogP contribution < -0.4 is 5.32 Å². The lowest BCUT2D eigenvalue weighted by molar-refractivity contribution is 0.101. The molecule has 0 bridgehead atoms. The zero-order chi connectivity index (χ0) is 13.1. The first-order valence-electron chi connectivity index (χ1n) is 5.46. The summed E-state index contributed by atoms with van der Waals surface area (Å²) < 4.78 is 18.2. The fourth-order valence-electron chi connectivity index (χ4n) is 1.35. The number of pyridine rings is 1. The largest absolute Gasteiger partial charge is 0.338 e. The van der Waals surface area contributed by atoms with E-state index in [9.17, 15) is 9.18 Å². The summed E-state index contributed by atoms with van der Waals surface area (Å²) in [4.78, 5) is 15.1. The standard InChI is InChI=1S/C12H12FN3O2/c1-7(2)9-6-10(18-16-9)15-12(17)8-4-3-5-14-11(8)13/h3-7H,1-2H3,(H,15,17). The lowest BCUT2D eigenvalue weighted by Crippen LogP contribution is -2.13. The average Bonchev–Trinajstić information content (AvgIpc) is 2.78. The quantitative estimate of drug-likeness (QED) is 0.849. The van der Waals surface area contributed by atoms with Crippen LogP contribution in [-0.4, -0.2) is 16.0 Å². The molecule has 0 fully saturated rings. The molecule has 1 N–H and O–H groups in total. The number of hydrogen-bond acceptors (Lipinski definition) is 4. The van der Waals surface area contributed by atoms with E-state index in [1.54, 1.807) is 6.07 Å². The molecule has 0 spiro atoms. The van der Waals surface area contributed by atoms with Crippen molar-refractivity contribution in [3.8, 4) is 0 Å². The molecular weight excluding hydrogens is 237 g/mol. The smallest absolute Gasteiger partial charge is 0.262 e. The second-order valence-corrected chi connectivity index (χ2v) is 4.07. The zero-order valence-corrected chi connectivity index (χ0v) is 9.98. The Morgan fingerprint density at radius 1 is 1.50 bits per heavy atom. The van der Waals surface area contributed by atoms with Gasteiger partial charge in [-0.2, -0.15) is 4.39 Å². The van der Waals surface area contributed by atoms with Crippen LogP contribution in [-0.2, 0) is 0 Å². The maximum atomic E-state index is 13.3. The molecule has 2 aromatic rings. The van der Waals surface area contributed by atoms with Gasteiger partial charge in [-0.05, 0) is 18.1 Å². The van der Waals surface area contributed by atoms with Crippen LogP contribution in [0.5, 0.6) is 0 Å². The Morgan fingerprint density at radius 3 is 2.89 bits per heavy atom. The second-order valence-electron chi connectivity index (χ2n) is 4.07. The lowest BCUT2D eigenvalue weighted by Gasteiger charge is -2.01. The Balaban J connectivity index is 2.14. The molecule has 18 heavy (non-hydrogen) atoms. The van der Waals surface area contributed by atoms with Crippen molar-refractivity contribution in [2.75, 3.05) is 5.32 Å². The third-order valence-corrected chi connectivity index (χ3v) is 2.36. The molecule has 1 amide bonds. The molecule has 0 aliphatic rings. The highest BCUT2D eigenvalue weighted by atomic mass is 19.1. The van der Waals surface area contributed by atoms with Crippen molar-refractivity contribution in [1.29, 1.82) is 0 Å². The van der Waals surface area contributed by atoms with Crippen LogP contribution in [0.25, 0.3) is 0 Å². The number of amides is 1. The number of carbonyl (C=O) groups excluding carboxylic acids is 1. The van der Waals surface area contributed by atoms with Gasteiger partial charge in [-0.1, -0.05) is 19.0 Å². The topological polar surface area (TPSA) is 68.0 Å². The molecule has 2 aromatic heterocycles. The number of carbonyl (C=O) groups is 1. The van der Waals surface area contributed by atoms with Gasteiger partial charge in [-0.15, -0.1) is 0 Å². The molecule has 94 valence electrons. The van der Waals surface area contributed by atoms with Gasteiger partial charge >= 0.3 is 0 Å². The van der Waals surface area contributed by atoms with Crippen molar-refractivity contribution in [3.05, 3.63) is 41.6 Å². The number of anilines is 1. The fourth-order valence-corrected chi connectivity index (χ4v) is 1.35. The molecule has 0 radical (unpaired) electrons. The van der Waals surface area contributed by atoms with E-state index >= 15 is 0 Å². The number of halogens is 1. The molecule has 0 aromatic carbocycles. The maximum Gasteiger partial charge on any atom is 0.262 e. The first-order valence-corrected chi connectivity index (χ1v) is 5.46. The number of hydrogen-bond donors (Lipinski definition) is 1. The molecule has 6 heteroatoms.